The molecular formula is C21H31FO4. The molecule has 146 valence electrons. The minimum absolute atomic E-state index is 0.101. The third kappa shape index (κ3) is 11.6. The summed E-state index contributed by atoms with van der Waals surface area (Å²) in [5.41, 5.74) is 0. The Balaban J connectivity index is 1.97. The van der Waals surface area contributed by atoms with Gasteiger partial charge in [-0.2, -0.15) is 0 Å². The predicted molar refractivity (Wildman–Crippen MR) is 99.5 cm³/mol. The normalized spacial score (nSPS) is 10.5. The van der Waals surface area contributed by atoms with Crippen LogP contribution >= 0.6 is 0 Å². The highest BCUT2D eigenvalue weighted by Crippen LogP contribution is 2.13. The van der Waals surface area contributed by atoms with Crippen LogP contribution in [0, 0.1) is 5.82 Å². The molecule has 0 spiro atoms. The Hall–Kier alpha value is -1.91. The van der Waals surface area contributed by atoms with Crippen molar-refractivity contribution in [2.45, 2.75) is 77.6 Å². The minimum atomic E-state index is -0.480. The van der Waals surface area contributed by atoms with E-state index >= 15 is 0 Å². The first kappa shape index (κ1) is 22.1. The molecular weight excluding hydrogens is 335 g/mol. The van der Waals surface area contributed by atoms with E-state index < -0.39 is 11.8 Å². The summed E-state index contributed by atoms with van der Waals surface area (Å²) in [5, 5.41) is 0. The van der Waals surface area contributed by atoms with Crippen molar-refractivity contribution in [3.8, 4) is 5.75 Å². The van der Waals surface area contributed by atoms with Crippen LogP contribution in [0.25, 0.3) is 0 Å². The second kappa shape index (κ2) is 14.3. The van der Waals surface area contributed by atoms with Crippen LogP contribution in [0.2, 0.25) is 0 Å². The Labute approximate surface area is 156 Å². The molecule has 0 aliphatic heterocycles. The average Bonchev–Trinajstić information content (AvgIpc) is 2.60. The monoisotopic (exact) mass is 366 g/mol. The lowest BCUT2D eigenvalue weighted by Gasteiger charge is -2.06. The number of hydrogen-bond acceptors (Lipinski definition) is 4. The zero-order valence-corrected chi connectivity index (χ0v) is 15.8. The van der Waals surface area contributed by atoms with Gasteiger partial charge < -0.3 is 9.47 Å². The summed E-state index contributed by atoms with van der Waals surface area (Å²) in [5.74, 6) is -1.05. The van der Waals surface area contributed by atoms with Gasteiger partial charge in [0.25, 0.3) is 0 Å². The Kier molecular flexibility index (Phi) is 12.2. The number of unbranched alkanes of at least 4 members (excludes halogenated alkanes) is 7. The van der Waals surface area contributed by atoms with Gasteiger partial charge in [0, 0.05) is 18.9 Å². The molecule has 0 N–H and O–H groups in total. The molecule has 1 aromatic carbocycles. The van der Waals surface area contributed by atoms with E-state index in [4.69, 9.17) is 9.47 Å². The van der Waals surface area contributed by atoms with Gasteiger partial charge in [-0.15, -0.1) is 0 Å². The summed E-state index contributed by atoms with van der Waals surface area (Å²) in [6.07, 6.45) is 10.2. The molecule has 0 bridgehead atoms. The number of hydrogen-bond donors (Lipinski definition) is 0. The maximum atomic E-state index is 13.0. The largest absolute Gasteiger partial charge is 0.466 e. The molecule has 1 rings (SSSR count). The number of carbonyl (C=O) groups excluding carboxylic acids is 2. The van der Waals surface area contributed by atoms with Crippen molar-refractivity contribution >= 4 is 11.9 Å². The zero-order valence-electron chi connectivity index (χ0n) is 15.8. The second-order valence-corrected chi connectivity index (χ2v) is 6.48. The van der Waals surface area contributed by atoms with E-state index in [1.807, 2.05) is 0 Å². The van der Waals surface area contributed by atoms with Crippen LogP contribution in [-0.4, -0.2) is 18.5 Å². The van der Waals surface area contributed by atoms with E-state index in [0.29, 0.717) is 13.0 Å². The topological polar surface area (TPSA) is 52.6 Å². The molecule has 0 radical (unpaired) electrons. The van der Waals surface area contributed by atoms with Crippen molar-refractivity contribution in [3.63, 3.8) is 0 Å². The average molecular weight is 366 g/mol. The van der Waals surface area contributed by atoms with Gasteiger partial charge in [0.1, 0.15) is 11.6 Å². The Morgan fingerprint density at radius 2 is 1.54 bits per heavy atom. The van der Waals surface area contributed by atoms with E-state index in [-0.39, 0.29) is 24.6 Å². The highest BCUT2D eigenvalue weighted by Gasteiger charge is 2.08. The molecule has 0 saturated heterocycles. The van der Waals surface area contributed by atoms with Crippen molar-refractivity contribution < 1.29 is 23.5 Å². The summed E-state index contributed by atoms with van der Waals surface area (Å²) in [6.45, 7) is 2.66. The first-order valence-corrected chi connectivity index (χ1v) is 9.73. The molecule has 0 saturated carbocycles. The molecule has 26 heavy (non-hydrogen) atoms. The third-order valence-corrected chi connectivity index (χ3v) is 4.05. The maximum Gasteiger partial charge on any atom is 0.311 e. The highest BCUT2D eigenvalue weighted by molar-refractivity contribution is 5.74. The van der Waals surface area contributed by atoms with Crippen molar-refractivity contribution in [3.05, 3.63) is 30.1 Å². The van der Waals surface area contributed by atoms with Crippen molar-refractivity contribution in [2.24, 2.45) is 0 Å². The summed E-state index contributed by atoms with van der Waals surface area (Å²) in [6, 6.07) is 5.41. The van der Waals surface area contributed by atoms with Gasteiger partial charge in [-0.1, -0.05) is 57.9 Å². The lowest BCUT2D eigenvalue weighted by atomic mass is 10.1. The highest BCUT2D eigenvalue weighted by atomic mass is 19.1. The molecule has 0 fully saturated rings. The maximum absolute atomic E-state index is 13.0. The Bertz CT molecular complexity index is 530. The number of benzene rings is 1. The molecule has 5 heteroatoms. The molecule has 0 aliphatic rings. The standard InChI is InChI=1S/C21H31FO4/c1-2-3-4-5-6-7-8-9-16-25-20(23)14-11-15-21(24)26-19-13-10-12-18(22)17-19/h10,12-13,17H,2-9,11,14-16H2,1H3. The minimum Gasteiger partial charge on any atom is -0.466 e. The molecule has 0 amide bonds. The van der Waals surface area contributed by atoms with Crippen molar-refractivity contribution in [1.82, 2.24) is 0 Å². The number of carbonyl (C=O) groups is 2. The molecule has 0 aromatic heterocycles. The van der Waals surface area contributed by atoms with Crippen molar-refractivity contribution in [1.29, 1.82) is 0 Å². The lowest BCUT2D eigenvalue weighted by molar-refractivity contribution is -0.144. The quantitative estimate of drug-likeness (QED) is 0.245. The van der Waals surface area contributed by atoms with Gasteiger partial charge in [-0.3, -0.25) is 9.59 Å². The molecule has 0 unspecified atom stereocenters. The second-order valence-electron chi connectivity index (χ2n) is 6.48. The van der Waals surface area contributed by atoms with Crippen LogP contribution in [0.3, 0.4) is 0 Å². The van der Waals surface area contributed by atoms with Crippen molar-refractivity contribution in [2.75, 3.05) is 6.61 Å². The Morgan fingerprint density at radius 3 is 2.23 bits per heavy atom. The number of rotatable bonds is 14. The molecule has 0 aliphatic carbocycles. The van der Waals surface area contributed by atoms with E-state index in [2.05, 4.69) is 6.92 Å². The fraction of sp³-hybridized carbons (Fsp3) is 0.619. The van der Waals surface area contributed by atoms with Gasteiger partial charge in [0.05, 0.1) is 6.61 Å². The third-order valence-electron chi connectivity index (χ3n) is 4.05. The zero-order chi connectivity index (χ0) is 19.0. The van der Waals surface area contributed by atoms with Gasteiger partial charge >= 0.3 is 11.9 Å². The summed E-state index contributed by atoms with van der Waals surface area (Å²) >= 11 is 0. The molecule has 0 heterocycles. The predicted octanol–water partition coefficient (Wildman–Crippen LogP) is 5.59. The molecule has 0 atom stereocenters. The summed E-state index contributed by atoms with van der Waals surface area (Å²) in [7, 11) is 0. The number of ether oxygens (including phenoxy) is 2. The number of esters is 2. The van der Waals surface area contributed by atoms with Crippen LogP contribution in [0.15, 0.2) is 24.3 Å². The summed E-state index contributed by atoms with van der Waals surface area (Å²) in [4.78, 5) is 23.2. The number of halogens is 1. The fourth-order valence-corrected chi connectivity index (χ4v) is 2.58. The van der Waals surface area contributed by atoms with Gasteiger partial charge in [0.2, 0.25) is 0 Å². The SMILES string of the molecule is CCCCCCCCCCOC(=O)CCCC(=O)Oc1cccc(F)c1. The van der Waals surface area contributed by atoms with Crippen LogP contribution in [0.5, 0.6) is 5.75 Å². The molecule has 4 nitrogen and oxygen atoms in total. The van der Waals surface area contributed by atoms with Crippen LogP contribution in [-0.2, 0) is 14.3 Å². The van der Waals surface area contributed by atoms with E-state index in [9.17, 15) is 14.0 Å². The van der Waals surface area contributed by atoms with Crippen LogP contribution in [0.1, 0.15) is 77.6 Å². The lowest BCUT2D eigenvalue weighted by Crippen LogP contribution is -2.10. The van der Waals surface area contributed by atoms with Gasteiger partial charge in [-0.05, 0) is 25.0 Å². The van der Waals surface area contributed by atoms with Gasteiger partial charge in [0.15, 0.2) is 0 Å². The van der Waals surface area contributed by atoms with Gasteiger partial charge in [-0.25, -0.2) is 4.39 Å². The van der Waals surface area contributed by atoms with E-state index in [1.165, 1.54) is 56.7 Å². The Morgan fingerprint density at radius 1 is 0.885 bits per heavy atom. The summed E-state index contributed by atoms with van der Waals surface area (Å²) < 4.78 is 23.2. The first-order valence-electron chi connectivity index (χ1n) is 9.73. The molecule has 1 aromatic rings. The first-order chi connectivity index (χ1) is 12.6. The van der Waals surface area contributed by atoms with E-state index in [1.54, 1.807) is 0 Å². The fourth-order valence-electron chi connectivity index (χ4n) is 2.58. The van der Waals surface area contributed by atoms with Crippen LogP contribution < -0.4 is 4.74 Å². The van der Waals surface area contributed by atoms with Crippen LogP contribution in [0.4, 0.5) is 4.39 Å². The smallest absolute Gasteiger partial charge is 0.311 e. The van der Waals surface area contributed by atoms with E-state index in [0.717, 1.165) is 18.9 Å².